The van der Waals surface area contributed by atoms with E-state index in [1.54, 1.807) is 24.3 Å². The summed E-state index contributed by atoms with van der Waals surface area (Å²) in [6.07, 6.45) is -4.63. The lowest BCUT2D eigenvalue weighted by Gasteiger charge is -2.32. The number of epoxide rings is 1. The maximum Gasteiger partial charge on any atom is 0.431 e. The lowest BCUT2D eigenvalue weighted by atomic mass is 9.80. The Kier molecular flexibility index (Phi) is 8.96. The zero-order valence-corrected chi connectivity index (χ0v) is 22.2. The fourth-order valence-corrected chi connectivity index (χ4v) is 4.35. The number of ether oxygens (including phenoxy) is 4. The minimum absolute atomic E-state index is 0.0796. The molecule has 2 aromatic carbocycles. The molecule has 0 amide bonds. The molecule has 13 heteroatoms. The summed E-state index contributed by atoms with van der Waals surface area (Å²) in [7, 11) is 0. The fourth-order valence-electron chi connectivity index (χ4n) is 4.35. The highest BCUT2D eigenvalue weighted by Crippen LogP contribution is 2.44. The van der Waals surface area contributed by atoms with Gasteiger partial charge in [-0.25, -0.2) is 9.59 Å². The van der Waals surface area contributed by atoms with Crippen molar-refractivity contribution in [3.05, 3.63) is 92.3 Å². The van der Waals surface area contributed by atoms with E-state index < -0.39 is 45.9 Å². The molecule has 0 spiro atoms. The maximum absolute atomic E-state index is 14.1. The first kappa shape index (κ1) is 29.6. The number of allylic oxidation sites excluding steroid dienone is 2. The number of esters is 2. The zero-order chi connectivity index (χ0) is 29.7. The van der Waals surface area contributed by atoms with Crippen molar-refractivity contribution < 1.29 is 46.6 Å². The van der Waals surface area contributed by atoms with Gasteiger partial charge in [0.1, 0.15) is 24.2 Å². The number of benzene rings is 2. The van der Waals surface area contributed by atoms with Crippen LogP contribution in [-0.4, -0.2) is 55.6 Å². The Bertz CT molecular complexity index is 1380. The van der Waals surface area contributed by atoms with Crippen molar-refractivity contribution >= 4 is 17.6 Å². The van der Waals surface area contributed by atoms with Crippen molar-refractivity contribution in [1.82, 2.24) is 5.32 Å². The summed E-state index contributed by atoms with van der Waals surface area (Å²) in [5, 5.41) is 13.5. The van der Waals surface area contributed by atoms with E-state index in [0.29, 0.717) is 19.0 Å². The summed E-state index contributed by atoms with van der Waals surface area (Å²) in [6.45, 7) is 3.41. The number of carbonyl (C=O) groups is 2. The van der Waals surface area contributed by atoms with Crippen LogP contribution in [0.15, 0.2) is 71.1 Å². The van der Waals surface area contributed by atoms with Gasteiger partial charge in [0.2, 0.25) is 0 Å². The van der Waals surface area contributed by atoms with Crippen molar-refractivity contribution in [2.45, 2.75) is 38.5 Å². The molecule has 2 atom stereocenters. The molecule has 0 bridgehead atoms. The Balaban J connectivity index is 1.60. The summed E-state index contributed by atoms with van der Waals surface area (Å²) in [6, 6.07) is 11.8. The second-order valence-corrected chi connectivity index (χ2v) is 9.25. The van der Waals surface area contributed by atoms with Gasteiger partial charge in [-0.05, 0) is 37.1 Å². The molecule has 0 radical (unpaired) electrons. The number of hydrogen-bond acceptors (Lipinski definition) is 9. The molecule has 2 aliphatic heterocycles. The second-order valence-electron chi connectivity index (χ2n) is 9.25. The summed E-state index contributed by atoms with van der Waals surface area (Å²) >= 11 is 0. The van der Waals surface area contributed by atoms with Gasteiger partial charge in [-0.1, -0.05) is 24.3 Å². The van der Waals surface area contributed by atoms with Crippen LogP contribution in [-0.2, 0) is 30.2 Å². The number of alkyl halides is 3. The normalized spacial score (nSPS) is 18.5. The summed E-state index contributed by atoms with van der Waals surface area (Å²) in [4.78, 5) is 36.9. The molecule has 4 rings (SSSR count). The zero-order valence-electron chi connectivity index (χ0n) is 22.2. The molecule has 218 valence electrons. The van der Waals surface area contributed by atoms with Gasteiger partial charge in [-0.2, -0.15) is 13.2 Å². The third-order valence-electron chi connectivity index (χ3n) is 6.36. The number of dihydropyridines is 1. The van der Waals surface area contributed by atoms with Crippen LogP contribution in [0.4, 0.5) is 18.9 Å². The Morgan fingerprint density at radius 2 is 1.78 bits per heavy atom. The van der Waals surface area contributed by atoms with Gasteiger partial charge in [0.25, 0.3) is 5.69 Å². The molecule has 10 nitrogen and oxygen atoms in total. The first-order chi connectivity index (χ1) is 19.5. The minimum Gasteiger partial charge on any atom is -0.491 e. The van der Waals surface area contributed by atoms with Gasteiger partial charge < -0.3 is 24.3 Å². The molecule has 0 aliphatic carbocycles. The van der Waals surface area contributed by atoms with E-state index in [9.17, 15) is 32.9 Å². The highest BCUT2D eigenvalue weighted by molar-refractivity contribution is 6.00. The van der Waals surface area contributed by atoms with Crippen molar-refractivity contribution in [3.8, 4) is 5.75 Å². The number of non-ortho nitro benzene ring substituents is 1. The second kappa shape index (κ2) is 12.4. The van der Waals surface area contributed by atoms with Gasteiger partial charge in [0, 0.05) is 24.3 Å². The molecule has 1 saturated heterocycles. The van der Waals surface area contributed by atoms with Crippen molar-refractivity contribution in [3.63, 3.8) is 0 Å². The van der Waals surface area contributed by atoms with Crippen molar-refractivity contribution in [1.29, 1.82) is 0 Å². The van der Waals surface area contributed by atoms with Gasteiger partial charge in [-0.3, -0.25) is 10.1 Å². The highest BCUT2D eigenvalue weighted by atomic mass is 19.4. The largest absolute Gasteiger partial charge is 0.491 e. The molecule has 2 aliphatic rings. The van der Waals surface area contributed by atoms with Crippen LogP contribution in [0.5, 0.6) is 5.75 Å². The number of halogens is 3. The molecular weight excluding hydrogens is 549 g/mol. The number of nitro groups is 1. The Hall–Kier alpha value is -4.39. The lowest BCUT2D eigenvalue weighted by Crippen LogP contribution is -2.38. The predicted molar refractivity (Wildman–Crippen MR) is 138 cm³/mol. The van der Waals surface area contributed by atoms with Gasteiger partial charge in [0.15, 0.2) is 0 Å². The molecule has 2 heterocycles. The molecular formula is C28H27F3N2O8. The fraction of sp³-hybridized carbons (Fsp3) is 0.357. The Morgan fingerprint density at radius 1 is 1.10 bits per heavy atom. The minimum atomic E-state index is -5.03. The molecule has 1 fully saturated rings. The van der Waals surface area contributed by atoms with E-state index >= 15 is 0 Å². The monoisotopic (exact) mass is 576 g/mol. The van der Waals surface area contributed by atoms with E-state index in [1.165, 1.54) is 26.0 Å². The van der Waals surface area contributed by atoms with Crippen LogP contribution in [0.2, 0.25) is 0 Å². The highest BCUT2D eigenvalue weighted by Gasteiger charge is 2.47. The quantitative estimate of drug-likeness (QED) is 0.178. The van der Waals surface area contributed by atoms with Crippen LogP contribution in [0.25, 0.3) is 0 Å². The van der Waals surface area contributed by atoms with Crippen LogP contribution in [0, 0.1) is 10.1 Å². The first-order valence-corrected chi connectivity index (χ1v) is 12.7. The number of rotatable bonds is 11. The average Bonchev–Trinajstić information content (AvgIpc) is 3.76. The third kappa shape index (κ3) is 7.23. The number of hydrogen-bond donors (Lipinski definition) is 1. The van der Waals surface area contributed by atoms with Gasteiger partial charge in [0.05, 0.1) is 41.8 Å². The Morgan fingerprint density at radius 3 is 2.39 bits per heavy atom. The number of nitro benzene ring substituents is 1. The van der Waals surface area contributed by atoms with E-state index in [-0.39, 0.29) is 42.6 Å². The third-order valence-corrected chi connectivity index (χ3v) is 6.36. The Labute approximate surface area is 232 Å². The summed E-state index contributed by atoms with van der Waals surface area (Å²) < 4.78 is 63.4. The SMILES string of the molecule is CCOC(=O)C1=C(C(F)(F)F)NC(C)=C(C(=O)OCCc2ccc(OCC3CO3)cc2)C1c1cccc([N+](=O)[O-])c1. The molecule has 2 aromatic rings. The van der Waals surface area contributed by atoms with Gasteiger partial charge in [-0.15, -0.1) is 0 Å². The van der Waals surface area contributed by atoms with E-state index in [0.717, 1.165) is 17.7 Å². The topological polar surface area (TPSA) is 130 Å². The molecule has 1 N–H and O–H groups in total. The van der Waals surface area contributed by atoms with E-state index in [4.69, 9.17) is 18.9 Å². The van der Waals surface area contributed by atoms with Crippen LogP contribution >= 0.6 is 0 Å². The summed E-state index contributed by atoms with van der Waals surface area (Å²) in [5.41, 5.74) is -2.53. The first-order valence-electron chi connectivity index (χ1n) is 12.7. The molecule has 2 unspecified atom stereocenters. The average molecular weight is 577 g/mol. The predicted octanol–water partition coefficient (Wildman–Crippen LogP) is 4.50. The molecule has 41 heavy (non-hydrogen) atoms. The van der Waals surface area contributed by atoms with Gasteiger partial charge >= 0.3 is 18.1 Å². The summed E-state index contributed by atoms with van der Waals surface area (Å²) in [5.74, 6) is -3.31. The van der Waals surface area contributed by atoms with Crippen LogP contribution in [0.1, 0.15) is 30.9 Å². The number of nitrogens with zero attached hydrogens (tertiary/aromatic N) is 1. The lowest BCUT2D eigenvalue weighted by molar-refractivity contribution is -0.384. The van der Waals surface area contributed by atoms with Crippen molar-refractivity contribution in [2.75, 3.05) is 26.4 Å². The van der Waals surface area contributed by atoms with Crippen molar-refractivity contribution in [2.24, 2.45) is 0 Å². The number of nitrogens with one attached hydrogen (secondary N) is 1. The van der Waals surface area contributed by atoms with Crippen LogP contribution in [0.3, 0.4) is 0 Å². The standard InChI is InChI=1S/C28H27F3N2O8/c1-3-38-27(35)24-23(18-5-4-6-19(13-18)33(36)37)22(16(2)32-25(24)28(29,30)31)26(34)39-12-11-17-7-9-20(10-8-17)40-14-21-15-41-21/h4-10,13,21,23,32H,3,11-12,14-15H2,1-2H3. The van der Waals surface area contributed by atoms with E-state index in [1.807, 2.05) is 0 Å². The van der Waals surface area contributed by atoms with Crippen LogP contribution < -0.4 is 10.1 Å². The van der Waals surface area contributed by atoms with E-state index in [2.05, 4.69) is 5.32 Å². The maximum atomic E-state index is 14.1. The molecule has 0 aromatic heterocycles. The smallest absolute Gasteiger partial charge is 0.431 e. The number of carbonyl (C=O) groups excluding carboxylic acids is 2. The molecule has 0 saturated carbocycles.